The summed E-state index contributed by atoms with van der Waals surface area (Å²) in [6, 6.07) is 11.8. The summed E-state index contributed by atoms with van der Waals surface area (Å²) in [6.45, 7) is 0.823. The molecule has 0 saturated carbocycles. The number of ether oxygens (including phenoxy) is 1. The van der Waals surface area contributed by atoms with Gasteiger partial charge in [0.2, 0.25) is 0 Å². The molecule has 0 saturated heterocycles. The highest BCUT2D eigenvalue weighted by Crippen LogP contribution is 2.29. The number of hydrogen-bond acceptors (Lipinski definition) is 2. The first-order chi connectivity index (χ1) is 11.9. The molecular weight excluding hydrogens is 333 g/mol. The van der Waals surface area contributed by atoms with Crippen molar-refractivity contribution >= 4 is 11.7 Å². The molecule has 1 atom stereocenters. The van der Waals surface area contributed by atoms with Crippen LogP contribution in [0, 0.1) is 0 Å². The standard InChI is InChI=1S/C18H17F3N2O2/c19-18(20,21)14-5-7-15(8-6-14)23-17(24)22-10-16-9-12-3-1-2-4-13(12)11-25-16/h1-8,16H,9-11H2,(H2,22,23,24). The summed E-state index contributed by atoms with van der Waals surface area (Å²) < 4.78 is 43.2. The minimum absolute atomic E-state index is 0.131. The second-order valence-corrected chi connectivity index (χ2v) is 5.82. The molecule has 25 heavy (non-hydrogen) atoms. The Morgan fingerprint density at radius 2 is 1.76 bits per heavy atom. The van der Waals surface area contributed by atoms with Gasteiger partial charge in [-0.05, 0) is 35.4 Å². The molecule has 3 rings (SSSR count). The molecule has 1 unspecified atom stereocenters. The average Bonchev–Trinajstić information content (AvgIpc) is 2.59. The predicted octanol–water partition coefficient (Wildman–Crippen LogP) is 3.97. The van der Waals surface area contributed by atoms with E-state index in [1.165, 1.54) is 17.7 Å². The summed E-state index contributed by atoms with van der Waals surface area (Å²) in [4.78, 5) is 11.9. The van der Waals surface area contributed by atoms with Crippen molar-refractivity contribution in [2.75, 3.05) is 11.9 Å². The van der Waals surface area contributed by atoms with Crippen LogP contribution in [-0.2, 0) is 23.9 Å². The van der Waals surface area contributed by atoms with E-state index in [0.717, 1.165) is 17.7 Å². The van der Waals surface area contributed by atoms with Crippen LogP contribution in [0.1, 0.15) is 16.7 Å². The summed E-state index contributed by atoms with van der Waals surface area (Å²) in [5, 5.41) is 5.19. The molecule has 7 heteroatoms. The van der Waals surface area contributed by atoms with Crippen LogP contribution in [0.15, 0.2) is 48.5 Å². The fourth-order valence-corrected chi connectivity index (χ4v) is 2.66. The van der Waals surface area contributed by atoms with Crippen LogP contribution in [0.4, 0.5) is 23.7 Å². The van der Waals surface area contributed by atoms with E-state index in [-0.39, 0.29) is 6.10 Å². The van der Waals surface area contributed by atoms with Gasteiger partial charge in [-0.2, -0.15) is 13.2 Å². The lowest BCUT2D eigenvalue weighted by molar-refractivity contribution is -0.137. The Morgan fingerprint density at radius 1 is 1.08 bits per heavy atom. The maximum absolute atomic E-state index is 12.5. The van der Waals surface area contributed by atoms with Crippen LogP contribution in [0.2, 0.25) is 0 Å². The largest absolute Gasteiger partial charge is 0.416 e. The molecule has 0 bridgehead atoms. The van der Waals surface area contributed by atoms with E-state index >= 15 is 0 Å². The summed E-state index contributed by atoms with van der Waals surface area (Å²) >= 11 is 0. The maximum atomic E-state index is 12.5. The Morgan fingerprint density at radius 3 is 2.44 bits per heavy atom. The molecule has 0 aromatic heterocycles. The van der Waals surface area contributed by atoms with E-state index in [0.29, 0.717) is 25.3 Å². The maximum Gasteiger partial charge on any atom is 0.416 e. The minimum Gasteiger partial charge on any atom is -0.371 e. The van der Waals surface area contributed by atoms with Gasteiger partial charge in [0.15, 0.2) is 0 Å². The van der Waals surface area contributed by atoms with Crippen molar-refractivity contribution in [3.05, 3.63) is 65.2 Å². The molecule has 2 aromatic carbocycles. The van der Waals surface area contributed by atoms with Gasteiger partial charge in [-0.3, -0.25) is 0 Å². The Labute approximate surface area is 143 Å². The molecule has 1 aliphatic heterocycles. The first-order valence-corrected chi connectivity index (χ1v) is 7.82. The lowest BCUT2D eigenvalue weighted by Crippen LogP contribution is -2.38. The third-order valence-corrected chi connectivity index (χ3v) is 4.00. The van der Waals surface area contributed by atoms with Gasteiger partial charge < -0.3 is 15.4 Å². The highest BCUT2D eigenvalue weighted by Gasteiger charge is 2.30. The lowest BCUT2D eigenvalue weighted by atomic mass is 9.99. The number of nitrogens with one attached hydrogen (secondary N) is 2. The monoisotopic (exact) mass is 350 g/mol. The molecule has 132 valence electrons. The Kier molecular flexibility index (Phi) is 4.94. The normalized spacial score (nSPS) is 16.8. The lowest BCUT2D eigenvalue weighted by Gasteiger charge is -2.25. The zero-order chi connectivity index (χ0) is 17.9. The van der Waals surface area contributed by atoms with Gasteiger partial charge >= 0.3 is 12.2 Å². The van der Waals surface area contributed by atoms with Crippen molar-refractivity contribution in [1.29, 1.82) is 0 Å². The van der Waals surface area contributed by atoms with Gasteiger partial charge in [0, 0.05) is 18.7 Å². The number of urea groups is 1. The van der Waals surface area contributed by atoms with E-state index in [1.807, 2.05) is 24.3 Å². The van der Waals surface area contributed by atoms with Crippen molar-refractivity contribution in [3.8, 4) is 0 Å². The first-order valence-electron chi connectivity index (χ1n) is 7.82. The highest BCUT2D eigenvalue weighted by molar-refractivity contribution is 5.89. The SMILES string of the molecule is O=C(NCC1Cc2ccccc2CO1)Nc1ccc(C(F)(F)F)cc1. The minimum atomic E-state index is -4.39. The molecule has 0 spiro atoms. The van der Waals surface area contributed by atoms with E-state index in [9.17, 15) is 18.0 Å². The number of amides is 2. The fourth-order valence-electron chi connectivity index (χ4n) is 2.66. The first kappa shape index (κ1) is 17.3. The van der Waals surface area contributed by atoms with Crippen LogP contribution >= 0.6 is 0 Å². The molecule has 0 aliphatic carbocycles. The van der Waals surface area contributed by atoms with E-state index < -0.39 is 17.8 Å². The van der Waals surface area contributed by atoms with Gasteiger partial charge in [0.1, 0.15) is 0 Å². The highest BCUT2D eigenvalue weighted by atomic mass is 19.4. The molecular formula is C18H17F3N2O2. The van der Waals surface area contributed by atoms with Gasteiger partial charge in [-0.25, -0.2) is 4.79 Å². The topological polar surface area (TPSA) is 50.4 Å². The molecule has 0 fully saturated rings. The molecule has 0 radical (unpaired) electrons. The number of alkyl halides is 3. The van der Waals surface area contributed by atoms with Gasteiger partial charge in [0.25, 0.3) is 0 Å². The van der Waals surface area contributed by atoms with Crippen LogP contribution in [-0.4, -0.2) is 18.7 Å². The zero-order valence-corrected chi connectivity index (χ0v) is 13.3. The Hall–Kier alpha value is -2.54. The smallest absolute Gasteiger partial charge is 0.371 e. The predicted molar refractivity (Wildman–Crippen MR) is 87.2 cm³/mol. The van der Waals surface area contributed by atoms with Gasteiger partial charge in [0.05, 0.1) is 18.3 Å². The number of halogens is 3. The number of fused-ring (bicyclic) bond motifs is 1. The average molecular weight is 350 g/mol. The molecule has 2 N–H and O–H groups in total. The van der Waals surface area contributed by atoms with Crippen LogP contribution in [0.3, 0.4) is 0 Å². The van der Waals surface area contributed by atoms with E-state index in [1.54, 1.807) is 0 Å². The van der Waals surface area contributed by atoms with Crippen molar-refractivity contribution in [2.24, 2.45) is 0 Å². The number of rotatable bonds is 3. The Balaban J connectivity index is 1.49. The summed E-state index contributed by atoms with van der Waals surface area (Å²) in [7, 11) is 0. The molecule has 1 aliphatic rings. The number of benzene rings is 2. The molecule has 4 nitrogen and oxygen atoms in total. The van der Waals surface area contributed by atoms with E-state index in [2.05, 4.69) is 10.6 Å². The second-order valence-electron chi connectivity index (χ2n) is 5.82. The zero-order valence-electron chi connectivity index (χ0n) is 13.3. The van der Waals surface area contributed by atoms with Crippen LogP contribution < -0.4 is 10.6 Å². The number of hydrogen-bond donors (Lipinski definition) is 2. The van der Waals surface area contributed by atoms with Crippen molar-refractivity contribution < 1.29 is 22.7 Å². The van der Waals surface area contributed by atoms with Crippen LogP contribution in [0.5, 0.6) is 0 Å². The Bertz CT molecular complexity index is 745. The van der Waals surface area contributed by atoms with E-state index in [4.69, 9.17) is 4.74 Å². The molecule has 2 amide bonds. The van der Waals surface area contributed by atoms with Gasteiger partial charge in [-0.15, -0.1) is 0 Å². The third kappa shape index (κ3) is 4.51. The fraction of sp³-hybridized carbons (Fsp3) is 0.278. The number of carbonyl (C=O) groups is 1. The van der Waals surface area contributed by atoms with Crippen molar-refractivity contribution in [2.45, 2.75) is 25.3 Å². The summed E-state index contributed by atoms with van der Waals surface area (Å²) in [5.74, 6) is 0. The van der Waals surface area contributed by atoms with Crippen LogP contribution in [0.25, 0.3) is 0 Å². The van der Waals surface area contributed by atoms with Crippen molar-refractivity contribution in [3.63, 3.8) is 0 Å². The number of anilines is 1. The summed E-state index contributed by atoms with van der Waals surface area (Å²) in [5.41, 5.74) is 1.88. The second kappa shape index (κ2) is 7.14. The summed E-state index contributed by atoms with van der Waals surface area (Å²) in [6.07, 6.45) is -3.82. The quantitative estimate of drug-likeness (QED) is 0.880. The number of carbonyl (C=O) groups excluding carboxylic acids is 1. The molecule has 2 aromatic rings. The van der Waals surface area contributed by atoms with Crippen molar-refractivity contribution in [1.82, 2.24) is 5.32 Å². The molecule has 1 heterocycles. The van der Waals surface area contributed by atoms with Gasteiger partial charge in [-0.1, -0.05) is 24.3 Å². The third-order valence-electron chi connectivity index (χ3n) is 4.00.